The first-order chi connectivity index (χ1) is 12.9. The third kappa shape index (κ3) is 5.05. The van der Waals surface area contributed by atoms with Crippen LogP contribution >= 0.6 is 0 Å². The number of nitrogens with one attached hydrogen (secondary N) is 1. The van der Waals surface area contributed by atoms with Crippen molar-refractivity contribution in [1.82, 2.24) is 15.1 Å². The minimum Gasteiger partial charge on any atom is -0.391 e. The highest BCUT2D eigenvalue weighted by atomic mass is 19.1. The van der Waals surface area contributed by atoms with E-state index in [2.05, 4.69) is 10.2 Å². The van der Waals surface area contributed by atoms with Crippen LogP contribution in [-0.2, 0) is 16.0 Å². The van der Waals surface area contributed by atoms with Crippen LogP contribution in [0.15, 0.2) is 24.3 Å². The Labute approximate surface area is 159 Å². The summed E-state index contributed by atoms with van der Waals surface area (Å²) in [6, 6.07) is 5.98. The molecule has 0 spiro atoms. The minimum absolute atomic E-state index is 0.0743. The second kappa shape index (κ2) is 8.80. The molecule has 2 N–H and O–H groups in total. The Morgan fingerprint density at radius 2 is 1.89 bits per heavy atom. The lowest BCUT2D eigenvalue weighted by atomic mass is 10.1. The standard InChI is InChI=1S/C20H28FN3O3/c1-23-8-10-24(11-9-23)20(27)15-12-17(18(25)13-15)22-19(26)7-6-14-4-2-3-5-16(14)21/h2-5,15,17-18,25H,6-13H2,1H3,(H,22,26)/t15-,17+,18+/m0/s1. The van der Waals surface area contributed by atoms with Gasteiger partial charge in [-0.3, -0.25) is 9.59 Å². The van der Waals surface area contributed by atoms with Gasteiger partial charge in [0.25, 0.3) is 0 Å². The Morgan fingerprint density at radius 3 is 2.59 bits per heavy atom. The van der Waals surface area contributed by atoms with E-state index in [0.717, 1.165) is 13.1 Å². The first-order valence-corrected chi connectivity index (χ1v) is 9.62. The van der Waals surface area contributed by atoms with Gasteiger partial charge in [-0.15, -0.1) is 0 Å². The second-order valence-corrected chi connectivity index (χ2v) is 7.63. The monoisotopic (exact) mass is 377 g/mol. The molecule has 1 heterocycles. The summed E-state index contributed by atoms with van der Waals surface area (Å²) < 4.78 is 13.6. The van der Waals surface area contributed by atoms with Crippen molar-refractivity contribution in [1.29, 1.82) is 0 Å². The van der Waals surface area contributed by atoms with Gasteiger partial charge in [-0.2, -0.15) is 0 Å². The Kier molecular flexibility index (Phi) is 6.44. The van der Waals surface area contributed by atoms with Gasteiger partial charge in [0.15, 0.2) is 0 Å². The van der Waals surface area contributed by atoms with E-state index in [1.165, 1.54) is 6.07 Å². The number of nitrogens with zero attached hydrogens (tertiary/aromatic N) is 2. The Hall–Kier alpha value is -1.99. The van der Waals surface area contributed by atoms with E-state index in [1.54, 1.807) is 18.2 Å². The molecule has 1 aromatic carbocycles. The maximum atomic E-state index is 13.6. The minimum atomic E-state index is -0.719. The summed E-state index contributed by atoms with van der Waals surface area (Å²) in [6.07, 6.45) is 0.580. The van der Waals surface area contributed by atoms with Gasteiger partial charge < -0.3 is 20.2 Å². The topological polar surface area (TPSA) is 72.9 Å². The Morgan fingerprint density at radius 1 is 1.19 bits per heavy atom. The first kappa shape index (κ1) is 19.8. The van der Waals surface area contributed by atoms with Crippen LogP contribution in [0.2, 0.25) is 0 Å². The van der Waals surface area contributed by atoms with Crippen LogP contribution in [0.5, 0.6) is 0 Å². The maximum absolute atomic E-state index is 13.6. The molecule has 0 unspecified atom stereocenters. The molecule has 1 aliphatic carbocycles. The van der Waals surface area contributed by atoms with Crippen molar-refractivity contribution in [2.45, 2.75) is 37.8 Å². The predicted octanol–water partition coefficient (Wildman–Crippen LogP) is 0.788. The number of amides is 2. The van der Waals surface area contributed by atoms with Crippen LogP contribution in [0.3, 0.4) is 0 Å². The number of carbonyl (C=O) groups is 2. The molecule has 1 saturated heterocycles. The molecule has 2 amide bonds. The summed E-state index contributed by atoms with van der Waals surface area (Å²) in [5, 5.41) is 13.1. The number of aliphatic hydroxyl groups excluding tert-OH is 1. The molecule has 3 atom stereocenters. The molecule has 0 radical (unpaired) electrons. The Bertz CT molecular complexity index is 676. The van der Waals surface area contributed by atoms with E-state index in [4.69, 9.17) is 0 Å². The summed E-state index contributed by atoms with van der Waals surface area (Å²) >= 11 is 0. The zero-order valence-electron chi connectivity index (χ0n) is 15.7. The van der Waals surface area contributed by atoms with Gasteiger partial charge in [0, 0.05) is 38.5 Å². The molecule has 1 aliphatic heterocycles. The predicted molar refractivity (Wildman–Crippen MR) is 99.5 cm³/mol. The number of aryl methyl sites for hydroxylation is 1. The zero-order chi connectivity index (χ0) is 19.4. The second-order valence-electron chi connectivity index (χ2n) is 7.63. The van der Waals surface area contributed by atoms with E-state index in [0.29, 0.717) is 37.9 Å². The normalized spacial score (nSPS) is 26.2. The number of hydrogen-bond donors (Lipinski definition) is 2. The third-order valence-electron chi connectivity index (χ3n) is 5.62. The summed E-state index contributed by atoms with van der Waals surface area (Å²) in [7, 11) is 2.04. The van der Waals surface area contributed by atoms with Crippen LogP contribution in [-0.4, -0.2) is 72.1 Å². The molecule has 3 rings (SSSR count). The summed E-state index contributed by atoms with van der Waals surface area (Å²) in [5.41, 5.74) is 0.503. The van der Waals surface area contributed by atoms with E-state index in [1.807, 2.05) is 11.9 Å². The number of likely N-dealkylation sites (N-methyl/N-ethyl adjacent to an activating group) is 1. The van der Waals surface area contributed by atoms with E-state index in [-0.39, 0.29) is 30.0 Å². The molecular formula is C20H28FN3O3. The highest BCUT2D eigenvalue weighted by Gasteiger charge is 2.39. The zero-order valence-corrected chi connectivity index (χ0v) is 15.7. The molecule has 1 aromatic rings. The summed E-state index contributed by atoms with van der Waals surface area (Å²) in [4.78, 5) is 28.9. The van der Waals surface area contributed by atoms with Crippen molar-refractivity contribution >= 4 is 11.8 Å². The van der Waals surface area contributed by atoms with Crippen molar-refractivity contribution in [2.75, 3.05) is 33.2 Å². The van der Waals surface area contributed by atoms with Gasteiger partial charge in [-0.1, -0.05) is 18.2 Å². The van der Waals surface area contributed by atoms with Gasteiger partial charge in [-0.25, -0.2) is 4.39 Å². The average molecular weight is 377 g/mol. The highest BCUT2D eigenvalue weighted by Crippen LogP contribution is 2.28. The van der Waals surface area contributed by atoms with Crippen LogP contribution in [0.1, 0.15) is 24.8 Å². The number of rotatable bonds is 5. The fourth-order valence-corrected chi connectivity index (χ4v) is 3.89. The lowest BCUT2D eigenvalue weighted by molar-refractivity contribution is -0.137. The van der Waals surface area contributed by atoms with Crippen LogP contribution < -0.4 is 5.32 Å². The molecule has 0 bridgehead atoms. The van der Waals surface area contributed by atoms with Crippen LogP contribution in [0.25, 0.3) is 0 Å². The third-order valence-corrected chi connectivity index (χ3v) is 5.62. The van der Waals surface area contributed by atoms with E-state index in [9.17, 15) is 19.1 Å². The van der Waals surface area contributed by atoms with Crippen molar-refractivity contribution in [3.05, 3.63) is 35.6 Å². The molecule has 0 aromatic heterocycles. The Balaban J connectivity index is 1.47. The van der Waals surface area contributed by atoms with E-state index >= 15 is 0 Å². The smallest absolute Gasteiger partial charge is 0.225 e. The lowest BCUT2D eigenvalue weighted by Crippen LogP contribution is -2.49. The molecule has 6 nitrogen and oxygen atoms in total. The SMILES string of the molecule is CN1CCN(C(=O)[C@@H]2C[C@@H](O)[C@H](NC(=O)CCc3ccccc3F)C2)CC1. The number of hydrogen-bond acceptors (Lipinski definition) is 4. The first-order valence-electron chi connectivity index (χ1n) is 9.62. The van der Waals surface area contributed by atoms with Crippen molar-refractivity contribution in [3.63, 3.8) is 0 Å². The van der Waals surface area contributed by atoms with Gasteiger partial charge in [0.1, 0.15) is 5.82 Å². The number of aliphatic hydroxyl groups is 1. The van der Waals surface area contributed by atoms with Gasteiger partial charge in [0.2, 0.25) is 11.8 Å². The van der Waals surface area contributed by atoms with Gasteiger partial charge in [-0.05, 0) is 37.9 Å². The molecule has 2 aliphatic rings. The van der Waals surface area contributed by atoms with Gasteiger partial charge in [0.05, 0.1) is 12.1 Å². The van der Waals surface area contributed by atoms with Crippen molar-refractivity contribution in [3.8, 4) is 0 Å². The molecular weight excluding hydrogens is 349 g/mol. The van der Waals surface area contributed by atoms with E-state index < -0.39 is 12.1 Å². The van der Waals surface area contributed by atoms with Gasteiger partial charge >= 0.3 is 0 Å². The molecule has 2 fully saturated rings. The number of piperazine rings is 1. The molecule has 27 heavy (non-hydrogen) atoms. The molecule has 1 saturated carbocycles. The summed E-state index contributed by atoms with van der Waals surface area (Å²) in [6.45, 7) is 3.14. The highest BCUT2D eigenvalue weighted by molar-refractivity contribution is 5.80. The summed E-state index contributed by atoms with van der Waals surface area (Å²) in [5.74, 6) is -0.718. The average Bonchev–Trinajstić information content (AvgIpc) is 3.01. The number of halogens is 1. The largest absolute Gasteiger partial charge is 0.391 e. The van der Waals surface area contributed by atoms with Crippen LogP contribution in [0.4, 0.5) is 4.39 Å². The number of carbonyl (C=O) groups excluding carboxylic acids is 2. The van der Waals surface area contributed by atoms with Crippen molar-refractivity contribution < 1.29 is 19.1 Å². The lowest BCUT2D eigenvalue weighted by Gasteiger charge is -2.34. The molecule has 148 valence electrons. The molecule has 7 heteroatoms. The quantitative estimate of drug-likeness (QED) is 0.796. The maximum Gasteiger partial charge on any atom is 0.225 e. The van der Waals surface area contributed by atoms with Crippen molar-refractivity contribution in [2.24, 2.45) is 5.92 Å². The fourth-order valence-electron chi connectivity index (χ4n) is 3.89. The number of benzene rings is 1. The fraction of sp³-hybridized carbons (Fsp3) is 0.600. The van der Waals surface area contributed by atoms with Crippen LogP contribution in [0, 0.1) is 11.7 Å².